The van der Waals surface area contributed by atoms with Gasteiger partial charge in [-0.1, -0.05) is 23.6 Å². The summed E-state index contributed by atoms with van der Waals surface area (Å²) in [6, 6.07) is 0. The molecular weight excluding hydrogens is 207 g/mol. The molecule has 0 amide bonds. The summed E-state index contributed by atoms with van der Waals surface area (Å²) in [5, 5.41) is 0. The van der Waals surface area contributed by atoms with Crippen LogP contribution in [0.1, 0.15) is 0 Å². The maximum atomic E-state index is 5.07. The summed E-state index contributed by atoms with van der Waals surface area (Å²) in [7, 11) is 1.48. The minimum absolute atomic E-state index is 0.229. The van der Waals surface area contributed by atoms with E-state index in [9.17, 15) is 0 Å². The molecule has 0 rings (SSSR count). The summed E-state index contributed by atoms with van der Waals surface area (Å²) in [5.41, 5.74) is 0. The quantitative estimate of drug-likeness (QED) is 0.442. The number of methoxy groups -OCH3 is 1. The molecule has 1 atom stereocenters. The average Bonchev–Trinajstić information content (AvgIpc) is 1.87. The third-order valence-electron chi connectivity index (χ3n) is 0.676. The van der Waals surface area contributed by atoms with Crippen molar-refractivity contribution in [3.63, 3.8) is 0 Å². The lowest BCUT2D eigenvalue weighted by Crippen LogP contribution is -1.85. The summed E-state index contributed by atoms with van der Waals surface area (Å²) in [6.45, 7) is 3.46. The Bertz CT molecular complexity index is 170. The van der Waals surface area contributed by atoms with Crippen molar-refractivity contribution in [2.45, 2.75) is 0 Å². The molecule has 10 heavy (non-hydrogen) atoms. The first-order chi connectivity index (χ1) is 4.52. The van der Waals surface area contributed by atoms with E-state index in [0.29, 0.717) is 0 Å². The number of hydrogen-bond donors (Lipinski definition) is 1. The molecule has 0 saturated carbocycles. The van der Waals surface area contributed by atoms with Gasteiger partial charge >= 0.3 is 0 Å². The van der Waals surface area contributed by atoms with Gasteiger partial charge in [0.1, 0.15) is 0 Å². The topological polar surface area (TPSA) is 18.5 Å². The molecule has 2 nitrogen and oxygen atoms in total. The molecule has 0 aliphatic heterocycles. The van der Waals surface area contributed by atoms with Gasteiger partial charge in [0.15, 0.2) is 0 Å². The zero-order valence-electron chi connectivity index (χ0n) is 5.73. The zero-order chi connectivity index (χ0) is 8.20. The van der Waals surface area contributed by atoms with E-state index in [1.165, 1.54) is 18.5 Å². The first-order valence-electron chi connectivity index (χ1n) is 2.33. The molecule has 0 aliphatic rings. The first kappa shape index (κ1) is 10.7. The van der Waals surface area contributed by atoms with E-state index in [0.717, 1.165) is 0 Å². The summed E-state index contributed by atoms with van der Waals surface area (Å²) in [4.78, 5) is 0. The van der Waals surface area contributed by atoms with Crippen LogP contribution in [0, 0.1) is 0 Å². The highest BCUT2D eigenvalue weighted by Gasteiger charge is 2.11. The van der Waals surface area contributed by atoms with Crippen molar-refractivity contribution < 1.29 is 9.26 Å². The predicted molar refractivity (Wildman–Crippen MR) is 54.0 cm³/mol. The van der Waals surface area contributed by atoms with Crippen molar-refractivity contribution in [2.24, 2.45) is 0 Å². The Labute approximate surface area is 75.4 Å². The summed E-state index contributed by atoms with van der Waals surface area (Å²) in [6.07, 6.45) is 1.84. The summed E-state index contributed by atoms with van der Waals surface area (Å²) in [5.74, 6) is 0.229. The molecule has 0 spiro atoms. The van der Waals surface area contributed by atoms with Gasteiger partial charge in [-0.05, 0) is 24.6 Å². The molecule has 0 radical (unpaired) electrons. The molecule has 0 aromatic rings. The van der Waals surface area contributed by atoms with Crippen molar-refractivity contribution in [3.05, 3.63) is 12.5 Å². The summed E-state index contributed by atoms with van der Waals surface area (Å²) >= 11 is 10.5. The van der Waals surface area contributed by atoms with Gasteiger partial charge in [0, 0.05) is 0 Å². The molecule has 1 unspecified atom stereocenters. The fourth-order valence-electron chi connectivity index (χ4n) is 0.203. The van der Waals surface area contributed by atoms with Gasteiger partial charge in [0.25, 0.3) is 5.95 Å². The van der Waals surface area contributed by atoms with Crippen LogP contribution in [0.25, 0.3) is 0 Å². The van der Waals surface area contributed by atoms with E-state index in [4.69, 9.17) is 16.3 Å². The van der Waals surface area contributed by atoms with Crippen LogP contribution in [0.15, 0.2) is 12.5 Å². The molecule has 0 heterocycles. The van der Waals surface area contributed by atoms with E-state index < -0.39 is 4.67 Å². The molecule has 0 saturated heterocycles. The van der Waals surface area contributed by atoms with Gasteiger partial charge in [-0.3, -0.25) is 0 Å². The van der Waals surface area contributed by atoms with Crippen LogP contribution in [0.2, 0.25) is 0 Å². The maximum absolute atomic E-state index is 5.07. The van der Waals surface area contributed by atoms with Crippen LogP contribution in [0.4, 0.5) is 0 Å². The van der Waals surface area contributed by atoms with Crippen LogP contribution >= 0.6 is 28.3 Å². The molecule has 0 aromatic heterocycles. The zero-order valence-corrected chi connectivity index (χ0v) is 9.16. The van der Waals surface area contributed by atoms with Gasteiger partial charge < -0.3 is 9.26 Å². The number of thiol groups is 1. The van der Waals surface area contributed by atoms with E-state index in [-0.39, 0.29) is 5.95 Å². The van der Waals surface area contributed by atoms with Crippen molar-refractivity contribution in [1.29, 1.82) is 0 Å². The standard InChI is InChI=1S/C4H9O2PS3/c1-4(5-2)6-7(8,9)10-3/h1H2,2-3H3,(H,8,9). The monoisotopic (exact) mass is 216 g/mol. The third kappa shape index (κ3) is 4.50. The first-order valence-corrected chi connectivity index (χ1v) is 8.03. The molecule has 0 fully saturated rings. The van der Waals surface area contributed by atoms with Crippen molar-refractivity contribution in [3.8, 4) is 0 Å². The lowest BCUT2D eigenvalue weighted by atomic mass is 11.0. The van der Waals surface area contributed by atoms with E-state index in [1.54, 1.807) is 0 Å². The fourth-order valence-corrected chi connectivity index (χ4v) is 1.61. The number of ether oxygens (including phenoxy) is 1. The molecule has 0 bridgehead atoms. The largest absolute Gasteiger partial charge is 0.469 e. The van der Waals surface area contributed by atoms with Crippen LogP contribution < -0.4 is 0 Å². The fraction of sp³-hybridized carbons (Fsp3) is 0.500. The van der Waals surface area contributed by atoms with Gasteiger partial charge in [-0.15, -0.1) is 0 Å². The number of rotatable bonds is 4. The van der Waals surface area contributed by atoms with Crippen molar-refractivity contribution in [2.75, 3.05) is 13.4 Å². The maximum Gasteiger partial charge on any atom is 0.275 e. The second-order valence-electron chi connectivity index (χ2n) is 1.32. The Morgan fingerprint density at radius 2 is 2.30 bits per heavy atom. The second kappa shape index (κ2) is 4.54. The van der Waals surface area contributed by atoms with Crippen LogP contribution in [0.5, 0.6) is 0 Å². The van der Waals surface area contributed by atoms with Crippen LogP contribution in [-0.4, -0.2) is 13.4 Å². The molecule has 0 N–H and O–H groups in total. The Kier molecular flexibility index (Phi) is 4.86. The summed E-state index contributed by atoms with van der Waals surface area (Å²) < 4.78 is 7.72. The predicted octanol–water partition coefficient (Wildman–Crippen LogP) is 2.64. The Hall–Kier alpha value is 0.690. The SMILES string of the molecule is C=C(OC)OP(=S)(S)SC. The Morgan fingerprint density at radius 3 is 2.60 bits per heavy atom. The van der Waals surface area contributed by atoms with E-state index in [2.05, 4.69) is 23.6 Å². The van der Waals surface area contributed by atoms with E-state index in [1.807, 2.05) is 6.26 Å². The molecule has 6 heteroatoms. The lowest BCUT2D eigenvalue weighted by Gasteiger charge is -2.14. The molecular formula is C4H9O2PS3. The minimum Gasteiger partial charge on any atom is -0.469 e. The third-order valence-corrected chi connectivity index (χ3v) is 6.46. The van der Waals surface area contributed by atoms with Gasteiger partial charge in [0.2, 0.25) is 4.67 Å². The normalized spacial score (nSPS) is 15.5. The number of hydrogen-bond acceptors (Lipinski definition) is 4. The Balaban J connectivity index is 3.89. The Morgan fingerprint density at radius 1 is 1.80 bits per heavy atom. The second-order valence-corrected chi connectivity index (χ2v) is 11.0. The highest BCUT2D eigenvalue weighted by atomic mass is 33.2. The van der Waals surface area contributed by atoms with Crippen LogP contribution in [-0.2, 0) is 21.1 Å². The molecule has 0 aromatic carbocycles. The average molecular weight is 216 g/mol. The highest BCUT2D eigenvalue weighted by molar-refractivity contribution is 8.95. The highest BCUT2D eigenvalue weighted by Crippen LogP contribution is 2.63. The van der Waals surface area contributed by atoms with Gasteiger partial charge in [-0.2, -0.15) is 0 Å². The minimum atomic E-state index is -2.03. The van der Waals surface area contributed by atoms with Gasteiger partial charge in [-0.25, -0.2) is 0 Å². The smallest absolute Gasteiger partial charge is 0.275 e. The van der Waals surface area contributed by atoms with Crippen LogP contribution in [0.3, 0.4) is 0 Å². The molecule has 0 aliphatic carbocycles. The molecule has 60 valence electrons. The van der Waals surface area contributed by atoms with Crippen molar-refractivity contribution in [1.82, 2.24) is 0 Å². The van der Waals surface area contributed by atoms with Gasteiger partial charge in [0.05, 0.1) is 7.11 Å². The van der Waals surface area contributed by atoms with Crippen molar-refractivity contribution >= 4 is 40.1 Å². The lowest BCUT2D eigenvalue weighted by molar-refractivity contribution is 0.168. The van der Waals surface area contributed by atoms with E-state index >= 15 is 0 Å².